The molecule has 1 amide bonds. The lowest BCUT2D eigenvalue weighted by Gasteiger charge is -2.27. The molecule has 1 N–H and O–H groups in total. The highest BCUT2D eigenvalue weighted by atomic mass is 16.5. The van der Waals surface area contributed by atoms with E-state index in [1.165, 1.54) is 0 Å². The van der Waals surface area contributed by atoms with Gasteiger partial charge in [-0.05, 0) is 55.2 Å². The van der Waals surface area contributed by atoms with Crippen LogP contribution in [0.15, 0.2) is 82.5 Å². The van der Waals surface area contributed by atoms with Gasteiger partial charge < -0.3 is 19.2 Å². The summed E-state index contributed by atoms with van der Waals surface area (Å²) in [4.78, 5) is 28.1. The molecule has 1 aromatic heterocycles. The van der Waals surface area contributed by atoms with Crippen LogP contribution in [0.3, 0.4) is 0 Å². The number of unbranched alkanes of at least 4 members (excludes halogenated alkanes) is 1. The van der Waals surface area contributed by atoms with Crippen molar-refractivity contribution in [2.24, 2.45) is 0 Å². The van der Waals surface area contributed by atoms with Crippen molar-refractivity contribution in [3.63, 3.8) is 0 Å². The number of aryl methyl sites for hydroxylation is 1. The van der Waals surface area contributed by atoms with Gasteiger partial charge in [0.1, 0.15) is 11.5 Å². The molecule has 6 nitrogen and oxygen atoms in total. The van der Waals surface area contributed by atoms with Gasteiger partial charge in [-0.2, -0.15) is 0 Å². The van der Waals surface area contributed by atoms with E-state index in [9.17, 15) is 14.7 Å². The number of ketones is 1. The average Bonchev–Trinajstić information content (AvgIpc) is 3.39. The Morgan fingerprint density at radius 1 is 1.09 bits per heavy atom. The lowest BCUT2D eigenvalue weighted by atomic mass is 9.94. The first-order valence-electron chi connectivity index (χ1n) is 11.6. The first-order chi connectivity index (χ1) is 16.5. The molecule has 0 fully saturated rings. The van der Waals surface area contributed by atoms with Gasteiger partial charge in [-0.1, -0.05) is 55.8 Å². The Balaban J connectivity index is 1.70. The third kappa shape index (κ3) is 4.91. The number of furan rings is 1. The Morgan fingerprint density at radius 2 is 1.88 bits per heavy atom. The van der Waals surface area contributed by atoms with Crippen molar-refractivity contribution in [1.29, 1.82) is 0 Å². The largest absolute Gasteiger partial charge is 0.503 e. The fourth-order valence-electron chi connectivity index (χ4n) is 4.16. The van der Waals surface area contributed by atoms with Crippen molar-refractivity contribution < 1.29 is 23.8 Å². The summed E-state index contributed by atoms with van der Waals surface area (Å²) in [5.74, 6) is -0.259. The zero-order valence-electron chi connectivity index (χ0n) is 19.5. The molecular weight excluding hydrogens is 430 g/mol. The minimum Gasteiger partial charge on any atom is -0.503 e. The lowest BCUT2D eigenvalue weighted by Crippen LogP contribution is -2.33. The third-order valence-electron chi connectivity index (χ3n) is 5.94. The molecule has 34 heavy (non-hydrogen) atoms. The highest BCUT2D eigenvalue weighted by molar-refractivity contribution is 6.15. The van der Waals surface area contributed by atoms with Gasteiger partial charge in [0.15, 0.2) is 11.5 Å². The number of carbonyl (C=O) groups is 2. The van der Waals surface area contributed by atoms with Gasteiger partial charge in [0.05, 0.1) is 18.2 Å². The fraction of sp³-hybridized carbons (Fsp3) is 0.286. The maximum absolute atomic E-state index is 13.4. The number of nitrogens with zero attached hydrogens (tertiary/aromatic N) is 1. The number of ether oxygens (including phenoxy) is 1. The zero-order chi connectivity index (χ0) is 24.1. The highest BCUT2D eigenvalue weighted by Gasteiger charge is 2.44. The van der Waals surface area contributed by atoms with E-state index in [2.05, 4.69) is 6.92 Å². The molecule has 176 valence electrons. The third-order valence-corrected chi connectivity index (χ3v) is 5.94. The molecule has 6 heteroatoms. The first-order valence-corrected chi connectivity index (χ1v) is 11.6. The topological polar surface area (TPSA) is 80.0 Å². The number of aliphatic hydroxyl groups excluding tert-OH is 1. The Morgan fingerprint density at radius 3 is 2.59 bits per heavy atom. The van der Waals surface area contributed by atoms with Crippen molar-refractivity contribution in [1.82, 2.24) is 4.90 Å². The molecule has 0 saturated heterocycles. The second kappa shape index (κ2) is 10.4. The Bertz CT molecular complexity index is 1190. The van der Waals surface area contributed by atoms with Gasteiger partial charge in [0, 0.05) is 6.54 Å². The first kappa shape index (κ1) is 23.4. The summed E-state index contributed by atoms with van der Waals surface area (Å²) < 4.78 is 11.4. The van der Waals surface area contributed by atoms with E-state index in [1.54, 1.807) is 24.0 Å². The van der Waals surface area contributed by atoms with Crippen molar-refractivity contribution >= 4 is 11.7 Å². The quantitative estimate of drug-likeness (QED) is 0.316. The molecule has 1 atom stereocenters. The van der Waals surface area contributed by atoms with Gasteiger partial charge in [-0.3, -0.25) is 9.59 Å². The standard InChI is InChI=1S/C28H29NO5/c1-3-4-17-33-22-12-8-11-21(18-22)25-24(26(30)23-14-13-19(2)34-23)27(31)28(32)29(25)16-15-20-9-6-5-7-10-20/h5-14,18,25,31H,3-4,15-17H2,1-2H3. The van der Waals surface area contributed by atoms with Crippen LogP contribution in [-0.4, -0.2) is 34.8 Å². The van der Waals surface area contributed by atoms with Crippen LogP contribution in [0.4, 0.5) is 0 Å². The SMILES string of the molecule is CCCCOc1cccc(C2C(C(=O)c3ccc(C)o3)=C(O)C(=O)N2CCc2ccccc2)c1. The van der Waals surface area contributed by atoms with Gasteiger partial charge >= 0.3 is 0 Å². The lowest BCUT2D eigenvalue weighted by molar-refractivity contribution is -0.129. The maximum Gasteiger partial charge on any atom is 0.290 e. The molecule has 4 rings (SSSR count). The summed E-state index contributed by atoms with van der Waals surface area (Å²) in [6, 6.07) is 19.7. The molecule has 2 heterocycles. The molecule has 0 radical (unpaired) electrons. The van der Waals surface area contributed by atoms with Gasteiger partial charge in [-0.15, -0.1) is 0 Å². The number of hydrogen-bond acceptors (Lipinski definition) is 5. The van der Waals surface area contributed by atoms with Gasteiger partial charge in [0.2, 0.25) is 5.78 Å². The normalized spacial score (nSPS) is 15.8. The molecule has 0 spiro atoms. The number of carbonyl (C=O) groups excluding carboxylic acids is 2. The number of benzene rings is 2. The predicted molar refractivity (Wildman–Crippen MR) is 129 cm³/mol. The van der Waals surface area contributed by atoms with E-state index in [-0.39, 0.29) is 11.3 Å². The summed E-state index contributed by atoms with van der Waals surface area (Å²) >= 11 is 0. The average molecular weight is 460 g/mol. The van der Waals surface area contributed by atoms with Crippen molar-refractivity contribution in [3.8, 4) is 5.75 Å². The van der Waals surface area contributed by atoms with Crippen LogP contribution < -0.4 is 4.74 Å². The van der Waals surface area contributed by atoms with Crippen molar-refractivity contribution in [2.75, 3.05) is 13.2 Å². The molecule has 1 aliphatic rings. The predicted octanol–water partition coefficient (Wildman–Crippen LogP) is 5.59. The number of Topliss-reactive ketones (excluding diaryl/α,β-unsaturated/α-hetero) is 1. The fourth-order valence-corrected chi connectivity index (χ4v) is 4.16. The smallest absolute Gasteiger partial charge is 0.290 e. The van der Waals surface area contributed by atoms with E-state index in [0.29, 0.717) is 36.6 Å². The van der Waals surface area contributed by atoms with Gasteiger partial charge in [-0.25, -0.2) is 0 Å². The van der Waals surface area contributed by atoms with Crippen LogP contribution in [-0.2, 0) is 11.2 Å². The minimum atomic E-state index is -0.746. The van der Waals surface area contributed by atoms with Crippen molar-refractivity contribution in [3.05, 3.63) is 101 Å². The molecule has 0 aliphatic carbocycles. The summed E-state index contributed by atoms with van der Waals surface area (Å²) in [6.07, 6.45) is 2.53. The van der Waals surface area contributed by atoms with E-state index < -0.39 is 23.5 Å². The van der Waals surface area contributed by atoms with E-state index in [4.69, 9.17) is 9.15 Å². The van der Waals surface area contributed by atoms with Crippen molar-refractivity contribution in [2.45, 2.75) is 39.2 Å². The number of aliphatic hydroxyl groups is 1. The molecule has 0 bridgehead atoms. The van der Waals surface area contributed by atoms with Crippen LogP contribution >= 0.6 is 0 Å². The summed E-state index contributed by atoms with van der Waals surface area (Å²) in [5, 5.41) is 10.8. The molecule has 0 saturated carbocycles. The van der Waals surface area contributed by atoms with Crippen LogP contribution in [0.2, 0.25) is 0 Å². The number of rotatable bonds is 10. The molecule has 1 aliphatic heterocycles. The van der Waals surface area contributed by atoms with Crippen LogP contribution in [0.1, 0.15) is 53.2 Å². The Hall–Kier alpha value is -3.80. The second-order valence-electron chi connectivity index (χ2n) is 8.41. The molecule has 3 aromatic rings. The molecule has 2 aromatic carbocycles. The second-order valence-corrected chi connectivity index (χ2v) is 8.41. The zero-order valence-corrected chi connectivity index (χ0v) is 19.5. The van der Waals surface area contributed by atoms with E-state index >= 15 is 0 Å². The van der Waals surface area contributed by atoms with E-state index in [0.717, 1.165) is 18.4 Å². The summed E-state index contributed by atoms with van der Waals surface area (Å²) in [5.41, 5.74) is 1.79. The van der Waals surface area contributed by atoms with Gasteiger partial charge in [0.25, 0.3) is 5.91 Å². The maximum atomic E-state index is 13.4. The Labute approximate surface area is 199 Å². The number of amides is 1. The van der Waals surface area contributed by atoms with E-state index in [1.807, 2.05) is 54.6 Å². The molecule has 1 unspecified atom stereocenters. The van der Waals surface area contributed by atoms with Crippen LogP contribution in [0.5, 0.6) is 5.75 Å². The number of hydrogen-bond donors (Lipinski definition) is 1. The van der Waals surface area contributed by atoms with Crippen LogP contribution in [0, 0.1) is 6.92 Å². The summed E-state index contributed by atoms with van der Waals surface area (Å²) in [6.45, 7) is 4.76. The summed E-state index contributed by atoms with van der Waals surface area (Å²) in [7, 11) is 0. The molecular formula is C28H29NO5. The van der Waals surface area contributed by atoms with Crippen LogP contribution in [0.25, 0.3) is 0 Å². The minimum absolute atomic E-state index is 0.0260. The highest BCUT2D eigenvalue weighted by Crippen LogP contribution is 2.40. The monoisotopic (exact) mass is 459 g/mol. The Kier molecular flexibility index (Phi) is 7.16.